The van der Waals surface area contributed by atoms with Gasteiger partial charge in [-0.1, -0.05) is 91.0 Å². The third kappa shape index (κ3) is 4.82. The molecule has 2 aliphatic heterocycles. The molecule has 6 nitrogen and oxygen atoms in total. The van der Waals surface area contributed by atoms with E-state index in [2.05, 4.69) is 0 Å². The van der Waals surface area contributed by atoms with Gasteiger partial charge in [-0.2, -0.15) is 5.06 Å². The Morgan fingerprint density at radius 2 is 1.50 bits per heavy atom. The van der Waals surface area contributed by atoms with Crippen LogP contribution in [0.3, 0.4) is 0 Å². The van der Waals surface area contributed by atoms with E-state index in [9.17, 15) is 9.59 Å². The highest BCUT2D eigenvalue weighted by molar-refractivity contribution is 5.77. The van der Waals surface area contributed by atoms with E-state index in [0.717, 1.165) is 16.7 Å². The highest BCUT2D eigenvalue weighted by atomic mass is 16.7. The van der Waals surface area contributed by atoms with Crippen molar-refractivity contribution in [3.63, 3.8) is 0 Å². The quantitative estimate of drug-likeness (QED) is 0.544. The van der Waals surface area contributed by atoms with Gasteiger partial charge in [-0.25, -0.2) is 4.79 Å². The first kappa shape index (κ1) is 22.2. The largest absolute Gasteiger partial charge is 0.443 e. The minimum absolute atomic E-state index is 0.0434. The number of carbonyl (C=O) groups excluding carboxylic acids is 2. The highest BCUT2D eigenvalue weighted by Gasteiger charge is 2.47. The molecule has 3 aromatic carbocycles. The lowest BCUT2D eigenvalue weighted by Crippen LogP contribution is -2.55. The van der Waals surface area contributed by atoms with Crippen LogP contribution >= 0.6 is 0 Å². The number of carbonyl (C=O) groups is 2. The molecule has 0 radical (unpaired) electrons. The number of hydrogen-bond donors (Lipinski definition) is 0. The van der Waals surface area contributed by atoms with Gasteiger partial charge >= 0.3 is 6.09 Å². The van der Waals surface area contributed by atoms with Crippen molar-refractivity contribution in [1.29, 1.82) is 0 Å². The third-order valence-corrected chi connectivity index (χ3v) is 6.65. The Labute approximate surface area is 199 Å². The summed E-state index contributed by atoms with van der Waals surface area (Å²) in [4.78, 5) is 34.0. The SMILES string of the molecule is O=C1C[C@@H]2CON(C(=O)OCc3ccccc3)[C@H](c3ccccc3)[C@H]2CN1Cc1ccccc1. The summed E-state index contributed by atoms with van der Waals surface area (Å²) in [6, 6.07) is 29.2. The third-order valence-electron chi connectivity index (χ3n) is 6.65. The fourth-order valence-electron chi connectivity index (χ4n) is 4.92. The summed E-state index contributed by atoms with van der Waals surface area (Å²) in [7, 11) is 0. The van der Waals surface area contributed by atoms with Gasteiger partial charge < -0.3 is 9.64 Å². The molecule has 0 N–H and O–H groups in total. The first-order valence-corrected chi connectivity index (χ1v) is 11.7. The van der Waals surface area contributed by atoms with Gasteiger partial charge in [0.15, 0.2) is 0 Å². The molecule has 2 fully saturated rings. The smallest absolute Gasteiger partial charge is 0.434 e. The van der Waals surface area contributed by atoms with Crippen molar-refractivity contribution in [2.45, 2.75) is 25.6 Å². The number of hydroxylamine groups is 2. The molecule has 2 amide bonds. The van der Waals surface area contributed by atoms with E-state index in [0.29, 0.717) is 26.1 Å². The van der Waals surface area contributed by atoms with Crippen LogP contribution in [0, 0.1) is 11.8 Å². The van der Waals surface area contributed by atoms with Crippen LogP contribution in [0.5, 0.6) is 0 Å². The predicted octanol–water partition coefficient (Wildman–Crippen LogP) is 4.98. The molecule has 0 aliphatic carbocycles. The normalized spacial score (nSPS) is 22.2. The minimum atomic E-state index is -0.511. The average Bonchev–Trinajstić information content (AvgIpc) is 2.89. The van der Waals surface area contributed by atoms with Crippen LogP contribution in [0.25, 0.3) is 0 Å². The highest BCUT2D eigenvalue weighted by Crippen LogP contribution is 2.43. The number of piperidine rings is 1. The Kier molecular flexibility index (Phi) is 6.58. The lowest BCUT2D eigenvalue weighted by atomic mass is 9.77. The second-order valence-electron chi connectivity index (χ2n) is 8.91. The van der Waals surface area contributed by atoms with Gasteiger partial charge in [-0.05, 0) is 16.7 Å². The fraction of sp³-hybridized carbons (Fsp3) is 0.286. The van der Waals surface area contributed by atoms with Crippen LogP contribution in [-0.4, -0.2) is 35.1 Å². The van der Waals surface area contributed by atoms with Crippen LogP contribution in [0.1, 0.15) is 29.2 Å². The number of ether oxygens (including phenoxy) is 1. The van der Waals surface area contributed by atoms with Gasteiger partial charge in [-0.3, -0.25) is 9.63 Å². The van der Waals surface area contributed by atoms with Gasteiger partial charge in [0.1, 0.15) is 6.61 Å². The molecule has 2 saturated heterocycles. The maximum absolute atomic E-state index is 13.2. The van der Waals surface area contributed by atoms with E-state index < -0.39 is 6.09 Å². The summed E-state index contributed by atoms with van der Waals surface area (Å²) < 4.78 is 5.62. The second-order valence-corrected chi connectivity index (χ2v) is 8.91. The topological polar surface area (TPSA) is 59.1 Å². The summed E-state index contributed by atoms with van der Waals surface area (Å²) in [6.45, 7) is 1.61. The van der Waals surface area contributed by atoms with Crippen molar-refractivity contribution in [1.82, 2.24) is 9.96 Å². The second kappa shape index (κ2) is 10.1. The number of rotatable bonds is 5. The molecule has 34 heavy (non-hydrogen) atoms. The number of amides is 2. The van der Waals surface area contributed by atoms with E-state index in [1.165, 1.54) is 5.06 Å². The number of likely N-dealkylation sites (tertiary alicyclic amines) is 1. The standard InChI is InChI=1S/C28H28N2O4/c31-26-16-24-20-34-30(28(32)33-19-22-12-6-2-7-13-22)27(23-14-8-3-9-15-23)25(24)18-29(26)17-21-10-4-1-5-11-21/h1-15,24-25,27H,16-20H2/t24-,25+,27-/m1/s1. The van der Waals surface area contributed by atoms with Gasteiger partial charge in [0, 0.05) is 31.3 Å². The first-order chi connectivity index (χ1) is 16.7. The Balaban J connectivity index is 1.38. The maximum atomic E-state index is 13.2. The van der Waals surface area contributed by atoms with Crippen molar-refractivity contribution in [3.8, 4) is 0 Å². The molecule has 0 aromatic heterocycles. The molecule has 0 saturated carbocycles. The molecule has 5 rings (SSSR count). The molecule has 0 spiro atoms. The van der Waals surface area contributed by atoms with Crippen LogP contribution in [0.15, 0.2) is 91.0 Å². The maximum Gasteiger partial charge on any atom is 0.434 e. The summed E-state index contributed by atoms with van der Waals surface area (Å²) >= 11 is 0. The van der Waals surface area contributed by atoms with E-state index in [1.54, 1.807) is 0 Å². The zero-order chi connectivity index (χ0) is 23.3. The van der Waals surface area contributed by atoms with Gasteiger partial charge in [-0.15, -0.1) is 0 Å². The Morgan fingerprint density at radius 1 is 0.882 bits per heavy atom. The first-order valence-electron chi connectivity index (χ1n) is 11.7. The lowest BCUT2D eigenvalue weighted by molar-refractivity contribution is -0.233. The summed E-state index contributed by atoms with van der Waals surface area (Å²) in [5, 5.41) is 1.38. The number of hydrogen-bond acceptors (Lipinski definition) is 4. The molecule has 3 atom stereocenters. The van der Waals surface area contributed by atoms with Crippen molar-refractivity contribution in [3.05, 3.63) is 108 Å². The van der Waals surface area contributed by atoms with E-state index >= 15 is 0 Å². The van der Waals surface area contributed by atoms with Gasteiger partial charge in [0.25, 0.3) is 0 Å². The molecular weight excluding hydrogens is 428 g/mol. The molecular formula is C28H28N2O4. The van der Waals surface area contributed by atoms with Crippen LogP contribution in [0.2, 0.25) is 0 Å². The monoisotopic (exact) mass is 456 g/mol. The van der Waals surface area contributed by atoms with Crippen LogP contribution in [-0.2, 0) is 27.5 Å². The lowest BCUT2D eigenvalue weighted by Gasteiger charge is -2.48. The molecule has 3 aromatic rings. The van der Waals surface area contributed by atoms with Crippen LogP contribution < -0.4 is 0 Å². The number of fused-ring (bicyclic) bond motifs is 1. The summed E-state index contributed by atoms with van der Waals surface area (Å²) in [5.41, 5.74) is 2.99. The van der Waals surface area contributed by atoms with E-state index in [1.807, 2.05) is 95.9 Å². The summed E-state index contributed by atoms with van der Waals surface area (Å²) in [6.07, 6.45) is -0.101. The predicted molar refractivity (Wildman–Crippen MR) is 127 cm³/mol. The van der Waals surface area contributed by atoms with Crippen molar-refractivity contribution in [2.75, 3.05) is 13.2 Å². The molecule has 2 heterocycles. The van der Waals surface area contributed by atoms with Gasteiger partial charge in [0.2, 0.25) is 5.91 Å². The molecule has 6 heteroatoms. The Bertz CT molecular complexity index is 1110. The fourth-order valence-corrected chi connectivity index (χ4v) is 4.92. The molecule has 2 aliphatic rings. The van der Waals surface area contributed by atoms with Crippen molar-refractivity contribution in [2.24, 2.45) is 11.8 Å². The number of benzene rings is 3. The summed E-state index contributed by atoms with van der Waals surface area (Å²) in [5.74, 6) is 0.213. The Hall–Kier alpha value is -3.64. The Morgan fingerprint density at radius 3 is 2.18 bits per heavy atom. The molecule has 174 valence electrons. The van der Waals surface area contributed by atoms with E-state index in [4.69, 9.17) is 9.57 Å². The van der Waals surface area contributed by atoms with Crippen molar-refractivity contribution < 1.29 is 19.2 Å². The van der Waals surface area contributed by atoms with Crippen molar-refractivity contribution >= 4 is 12.0 Å². The number of nitrogens with zero attached hydrogens (tertiary/aromatic N) is 2. The average molecular weight is 457 g/mol. The van der Waals surface area contributed by atoms with E-state index in [-0.39, 0.29) is 30.4 Å². The minimum Gasteiger partial charge on any atom is -0.443 e. The molecule has 0 unspecified atom stereocenters. The zero-order valence-electron chi connectivity index (χ0n) is 19.0. The zero-order valence-corrected chi connectivity index (χ0v) is 19.0. The van der Waals surface area contributed by atoms with Gasteiger partial charge in [0.05, 0.1) is 12.6 Å². The molecule has 0 bridgehead atoms. The van der Waals surface area contributed by atoms with Crippen LogP contribution in [0.4, 0.5) is 4.79 Å².